The molecule has 0 saturated heterocycles. The number of hydrogen-bond donors (Lipinski definition) is 1. The standard InChI is InChI=1S/C23H30N4O2S/c1-3-4-5-13-24-22(28)12-14-27(17-20-7-6-15-29-20)23-25-21(26-30-23)16-19-10-8-18(2)9-11-19/h6-11,15H,3-5,12-14,16-17H2,1-2H3,(H,24,28). The number of nitrogens with one attached hydrogen (secondary N) is 1. The van der Waals surface area contributed by atoms with Crippen molar-refractivity contribution in [1.29, 1.82) is 0 Å². The van der Waals surface area contributed by atoms with Crippen LogP contribution < -0.4 is 10.2 Å². The second kappa shape index (κ2) is 11.5. The first-order valence-electron chi connectivity index (χ1n) is 10.6. The van der Waals surface area contributed by atoms with E-state index in [2.05, 4.69) is 52.7 Å². The number of hydrogen-bond acceptors (Lipinski definition) is 6. The SMILES string of the molecule is CCCCCNC(=O)CCN(Cc1ccco1)c1nc(Cc2ccc(C)cc2)ns1. The highest BCUT2D eigenvalue weighted by molar-refractivity contribution is 7.09. The smallest absolute Gasteiger partial charge is 0.221 e. The summed E-state index contributed by atoms with van der Waals surface area (Å²) < 4.78 is 10.1. The minimum Gasteiger partial charge on any atom is -0.467 e. The normalized spacial score (nSPS) is 10.9. The van der Waals surface area contributed by atoms with Gasteiger partial charge in [-0.05, 0) is 31.0 Å². The van der Waals surface area contributed by atoms with Gasteiger partial charge in [-0.15, -0.1) is 0 Å². The fourth-order valence-electron chi connectivity index (χ4n) is 3.09. The zero-order chi connectivity index (χ0) is 21.2. The summed E-state index contributed by atoms with van der Waals surface area (Å²) in [4.78, 5) is 19.0. The third-order valence-electron chi connectivity index (χ3n) is 4.85. The van der Waals surface area contributed by atoms with Crippen molar-refractivity contribution in [3.05, 3.63) is 65.4 Å². The number of unbranched alkanes of at least 4 members (excludes halogenated alkanes) is 2. The minimum atomic E-state index is 0.0694. The summed E-state index contributed by atoms with van der Waals surface area (Å²) in [5, 5.41) is 3.82. The van der Waals surface area contributed by atoms with E-state index in [0.717, 1.165) is 42.5 Å². The van der Waals surface area contributed by atoms with Gasteiger partial charge >= 0.3 is 0 Å². The molecule has 1 N–H and O–H groups in total. The number of aryl methyl sites for hydroxylation is 1. The zero-order valence-electron chi connectivity index (χ0n) is 17.8. The molecule has 3 rings (SSSR count). The summed E-state index contributed by atoms with van der Waals surface area (Å²) >= 11 is 1.37. The molecule has 3 aromatic rings. The fraction of sp³-hybridized carbons (Fsp3) is 0.435. The molecule has 2 heterocycles. The van der Waals surface area contributed by atoms with Crippen LogP contribution in [0, 0.1) is 6.92 Å². The van der Waals surface area contributed by atoms with Gasteiger partial charge in [0.2, 0.25) is 11.0 Å². The molecule has 0 atom stereocenters. The lowest BCUT2D eigenvalue weighted by molar-refractivity contribution is -0.120. The Hall–Kier alpha value is -2.67. The monoisotopic (exact) mass is 426 g/mol. The number of carbonyl (C=O) groups is 1. The predicted octanol–water partition coefficient (Wildman–Crippen LogP) is 4.73. The Balaban J connectivity index is 1.61. The number of amides is 1. The summed E-state index contributed by atoms with van der Waals surface area (Å²) in [5.74, 6) is 1.71. The van der Waals surface area contributed by atoms with Crippen LogP contribution >= 0.6 is 11.5 Å². The minimum absolute atomic E-state index is 0.0694. The topological polar surface area (TPSA) is 71.3 Å². The lowest BCUT2D eigenvalue weighted by Crippen LogP contribution is -2.31. The van der Waals surface area contributed by atoms with Crippen molar-refractivity contribution in [2.24, 2.45) is 0 Å². The molecule has 1 amide bonds. The Bertz CT molecular complexity index is 890. The van der Waals surface area contributed by atoms with Gasteiger partial charge in [-0.25, -0.2) is 4.98 Å². The lowest BCUT2D eigenvalue weighted by atomic mass is 10.1. The Kier molecular flexibility index (Phi) is 8.44. The Labute approximate surface area is 182 Å². The van der Waals surface area contributed by atoms with Crippen molar-refractivity contribution in [3.63, 3.8) is 0 Å². The van der Waals surface area contributed by atoms with Crippen molar-refractivity contribution in [1.82, 2.24) is 14.7 Å². The molecule has 6 nitrogen and oxygen atoms in total. The van der Waals surface area contributed by atoms with E-state index in [-0.39, 0.29) is 5.91 Å². The van der Waals surface area contributed by atoms with E-state index in [9.17, 15) is 4.79 Å². The van der Waals surface area contributed by atoms with Crippen LogP contribution in [0.2, 0.25) is 0 Å². The van der Waals surface area contributed by atoms with E-state index in [0.29, 0.717) is 25.9 Å². The predicted molar refractivity (Wildman–Crippen MR) is 121 cm³/mol. The van der Waals surface area contributed by atoms with E-state index in [1.165, 1.54) is 22.7 Å². The molecule has 30 heavy (non-hydrogen) atoms. The molecule has 0 spiro atoms. The summed E-state index contributed by atoms with van der Waals surface area (Å²) in [5.41, 5.74) is 2.43. The highest BCUT2D eigenvalue weighted by atomic mass is 32.1. The molecule has 7 heteroatoms. The van der Waals surface area contributed by atoms with Gasteiger partial charge < -0.3 is 14.6 Å². The molecule has 1 aromatic carbocycles. The van der Waals surface area contributed by atoms with Crippen molar-refractivity contribution >= 4 is 22.6 Å². The number of nitrogens with zero attached hydrogens (tertiary/aromatic N) is 3. The second-order valence-corrected chi connectivity index (χ2v) is 8.19. The number of benzene rings is 1. The van der Waals surface area contributed by atoms with Crippen molar-refractivity contribution in [2.75, 3.05) is 18.0 Å². The maximum Gasteiger partial charge on any atom is 0.221 e. The van der Waals surface area contributed by atoms with Gasteiger partial charge in [0.25, 0.3) is 0 Å². The van der Waals surface area contributed by atoms with Crippen LogP contribution in [0.3, 0.4) is 0 Å². The van der Waals surface area contributed by atoms with Gasteiger partial charge in [-0.1, -0.05) is 49.6 Å². The quantitative estimate of drug-likeness (QED) is 0.424. The third-order valence-corrected chi connectivity index (χ3v) is 5.66. The lowest BCUT2D eigenvalue weighted by Gasteiger charge is -2.20. The average molecular weight is 427 g/mol. The van der Waals surface area contributed by atoms with Crippen LogP contribution in [-0.2, 0) is 17.8 Å². The van der Waals surface area contributed by atoms with Crippen LogP contribution in [0.15, 0.2) is 47.1 Å². The van der Waals surface area contributed by atoms with Crippen LogP contribution in [0.25, 0.3) is 0 Å². The van der Waals surface area contributed by atoms with Crippen LogP contribution in [0.4, 0.5) is 5.13 Å². The maximum absolute atomic E-state index is 12.2. The zero-order valence-corrected chi connectivity index (χ0v) is 18.6. The first-order chi connectivity index (χ1) is 14.6. The molecule has 0 unspecified atom stereocenters. The van der Waals surface area contributed by atoms with Crippen molar-refractivity contribution in [2.45, 2.75) is 52.5 Å². The molecule has 0 fully saturated rings. The maximum atomic E-state index is 12.2. The van der Waals surface area contributed by atoms with Gasteiger partial charge in [0, 0.05) is 37.5 Å². The Morgan fingerprint density at radius 1 is 1.20 bits per heavy atom. The van der Waals surface area contributed by atoms with Crippen LogP contribution in [0.5, 0.6) is 0 Å². The Morgan fingerprint density at radius 2 is 2.03 bits per heavy atom. The van der Waals surface area contributed by atoms with E-state index in [1.807, 2.05) is 12.1 Å². The largest absolute Gasteiger partial charge is 0.467 e. The molecule has 0 bridgehead atoms. The summed E-state index contributed by atoms with van der Waals surface area (Å²) in [6.45, 7) is 6.11. The van der Waals surface area contributed by atoms with Gasteiger partial charge in [0.05, 0.1) is 12.8 Å². The molecule has 0 aliphatic heterocycles. The average Bonchev–Trinajstić information content (AvgIpc) is 3.42. The number of rotatable bonds is 12. The number of aromatic nitrogens is 2. The highest BCUT2D eigenvalue weighted by Crippen LogP contribution is 2.22. The van der Waals surface area contributed by atoms with Crippen LogP contribution in [-0.4, -0.2) is 28.4 Å². The number of anilines is 1. The molecule has 0 saturated carbocycles. The fourth-order valence-corrected chi connectivity index (χ4v) is 3.80. The first-order valence-corrected chi connectivity index (χ1v) is 11.3. The van der Waals surface area contributed by atoms with Crippen molar-refractivity contribution < 1.29 is 9.21 Å². The third kappa shape index (κ3) is 6.99. The number of furan rings is 1. The molecule has 160 valence electrons. The molecule has 0 aliphatic rings. The van der Waals surface area contributed by atoms with E-state index in [1.54, 1.807) is 6.26 Å². The van der Waals surface area contributed by atoms with Gasteiger partial charge in [-0.3, -0.25) is 4.79 Å². The van der Waals surface area contributed by atoms with E-state index in [4.69, 9.17) is 9.40 Å². The van der Waals surface area contributed by atoms with Crippen LogP contribution in [0.1, 0.15) is 55.3 Å². The molecule has 2 aromatic heterocycles. The summed E-state index contributed by atoms with van der Waals surface area (Å²) in [6, 6.07) is 12.2. The molecular formula is C23H30N4O2S. The van der Waals surface area contributed by atoms with Gasteiger partial charge in [-0.2, -0.15) is 4.37 Å². The molecule has 0 radical (unpaired) electrons. The first kappa shape index (κ1) is 22.0. The van der Waals surface area contributed by atoms with E-state index >= 15 is 0 Å². The van der Waals surface area contributed by atoms with Crippen molar-refractivity contribution in [3.8, 4) is 0 Å². The summed E-state index contributed by atoms with van der Waals surface area (Å²) in [7, 11) is 0. The van der Waals surface area contributed by atoms with Gasteiger partial charge in [0.15, 0.2) is 0 Å². The van der Waals surface area contributed by atoms with Gasteiger partial charge in [0.1, 0.15) is 11.6 Å². The number of carbonyl (C=O) groups excluding carboxylic acids is 1. The van der Waals surface area contributed by atoms with E-state index < -0.39 is 0 Å². The molecule has 0 aliphatic carbocycles. The molecular weight excluding hydrogens is 396 g/mol. The Morgan fingerprint density at radius 3 is 2.77 bits per heavy atom. The second-order valence-electron chi connectivity index (χ2n) is 7.46. The highest BCUT2D eigenvalue weighted by Gasteiger charge is 2.16. The summed E-state index contributed by atoms with van der Waals surface area (Å²) in [6.07, 6.45) is 6.09.